The molecule has 0 radical (unpaired) electrons. The Bertz CT molecular complexity index is 428. The van der Waals surface area contributed by atoms with Crippen LogP contribution in [0.3, 0.4) is 0 Å². The average Bonchev–Trinajstić information content (AvgIpc) is 2.98. The molecular formula is C15H25N3O2S. The number of aromatic nitrogens is 2. The molecule has 1 saturated heterocycles. The van der Waals surface area contributed by atoms with E-state index in [1.807, 2.05) is 11.8 Å². The van der Waals surface area contributed by atoms with Crippen LogP contribution in [0, 0.1) is 5.92 Å². The highest BCUT2D eigenvalue weighted by Gasteiger charge is 2.29. The van der Waals surface area contributed by atoms with Crippen molar-refractivity contribution in [2.45, 2.75) is 50.7 Å². The molecule has 2 atom stereocenters. The van der Waals surface area contributed by atoms with Crippen LogP contribution in [0.4, 0.5) is 0 Å². The summed E-state index contributed by atoms with van der Waals surface area (Å²) in [4.78, 5) is 4.60. The summed E-state index contributed by atoms with van der Waals surface area (Å²) in [5.74, 6) is 4.33. The molecule has 2 aliphatic rings. The number of nitrogens with one attached hydrogen (secondary N) is 1. The van der Waals surface area contributed by atoms with Crippen LogP contribution in [0.25, 0.3) is 0 Å². The first-order valence-electron chi connectivity index (χ1n) is 8.03. The second-order valence-electron chi connectivity index (χ2n) is 6.03. The molecule has 5 nitrogen and oxygen atoms in total. The highest BCUT2D eigenvalue weighted by molar-refractivity contribution is 7.99. The van der Waals surface area contributed by atoms with Gasteiger partial charge in [0, 0.05) is 37.6 Å². The van der Waals surface area contributed by atoms with Gasteiger partial charge in [-0.05, 0) is 18.8 Å². The third-order valence-electron chi connectivity index (χ3n) is 4.49. The molecule has 2 unspecified atom stereocenters. The lowest BCUT2D eigenvalue weighted by molar-refractivity contribution is 0.0273. The normalized spacial score (nSPS) is 25.9. The van der Waals surface area contributed by atoms with Gasteiger partial charge in [-0.15, -0.1) is 0 Å². The molecule has 1 N–H and O–H groups in total. The predicted octanol–water partition coefficient (Wildman–Crippen LogP) is 2.58. The summed E-state index contributed by atoms with van der Waals surface area (Å²) in [6.45, 7) is 1.07. The molecular weight excluding hydrogens is 286 g/mol. The third kappa shape index (κ3) is 3.99. The summed E-state index contributed by atoms with van der Waals surface area (Å²) in [5.41, 5.74) is 0. The molecule has 21 heavy (non-hydrogen) atoms. The number of thioether (sulfide) groups is 1. The maximum absolute atomic E-state index is 5.67. The van der Waals surface area contributed by atoms with Crippen molar-refractivity contribution in [1.82, 2.24) is 15.5 Å². The van der Waals surface area contributed by atoms with E-state index in [1.165, 1.54) is 37.9 Å². The summed E-state index contributed by atoms with van der Waals surface area (Å²) >= 11 is 1.99. The number of hydrogen-bond acceptors (Lipinski definition) is 6. The zero-order chi connectivity index (χ0) is 14.5. The van der Waals surface area contributed by atoms with Crippen LogP contribution in [0.5, 0.6) is 0 Å². The van der Waals surface area contributed by atoms with E-state index in [-0.39, 0.29) is 6.10 Å². The fourth-order valence-corrected chi connectivity index (χ4v) is 4.32. The smallest absolute Gasteiger partial charge is 0.228 e. The minimum Gasteiger partial charge on any atom is -0.373 e. The minimum absolute atomic E-state index is 0.00325. The zero-order valence-corrected chi connectivity index (χ0v) is 13.5. The molecule has 1 aliphatic carbocycles. The van der Waals surface area contributed by atoms with Gasteiger partial charge in [0.15, 0.2) is 0 Å². The van der Waals surface area contributed by atoms with E-state index in [4.69, 9.17) is 9.26 Å². The molecule has 1 saturated carbocycles. The SMILES string of the molecule is COC(c1noc(CC2CSCCN2)n1)C1CCCCC1. The van der Waals surface area contributed by atoms with Crippen molar-refractivity contribution >= 4 is 11.8 Å². The Morgan fingerprint density at radius 2 is 2.24 bits per heavy atom. The maximum Gasteiger partial charge on any atom is 0.228 e. The lowest BCUT2D eigenvalue weighted by atomic mass is 9.85. The number of rotatable bonds is 5. The monoisotopic (exact) mass is 311 g/mol. The largest absolute Gasteiger partial charge is 0.373 e. The first-order valence-corrected chi connectivity index (χ1v) is 9.18. The predicted molar refractivity (Wildman–Crippen MR) is 83.4 cm³/mol. The summed E-state index contributed by atoms with van der Waals surface area (Å²) < 4.78 is 11.1. The van der Waals surface area contributed by atoms with Crippen molar-refractivity contribution in [2.24, 2.45) is 5.92 Å². The van der Waals surface area contributed by atoms with Gasteiger partial charge >= 0.3 is 0 Å². The highest BCUT2D eigenvalue weighted by atomic mass is 32.2. The Morgan fingerprint density at radius 3 is 2.95 bits per heavy atom. The van der Waals surface area contributed by atoms with Crippen molar-refractivity contribution in [3.63, 3.8) is 0 Å². The van der Waals surface area contributed by atoms with Crippen LogP contribution in [0.15, 0.2) is 4.52 Å². The van der Waals surface area contributed by atoms with Gasteiger partial charge in [-0.1, -0.05) is 24.4 Å². The van der Waals surface area contributed by atoms with Crippen LogP contribution >= 0.6 is 11.8 Å². The summed E-state index contributed by atoms with van der Waals surface area (Å²) in [6.07, 6.45) is 7.16. The fourth-order valence-electron chi connectivity index (χ4n) is 3.37. The van der Waals surface area contributed by atoms with E-state index >= 15 is 0 Å². The quantitative estimate of drug-likeness (QED) is 0.902. The van der Waals surface area contributed by atoms with Crippen LogP contribution in [0.1, 0.15) is 49.9 Å². The van der Waals surface area contributed by atoms with Gasteiger partial charge in [0.25, 0.3) is 0 Å². The van der Waals surface area contributed by atoms with E-state index in [1.54, 1.807) is 7.11 Å². The molecule has 0 aromatic carbocycles. The first-order chi connectivity index (χ1) is 10.4. The van der Waals surface area contributed by atoms with Gasteiger partial charge in [0.1, 0.15) is 6.10 Å². The molecule has 0 spiro atoms. The molecule has 1 aromatic heterocycles. The van der Waals surface area contributed by atoms with Gasteiger partial charge in [0.2, 0.25) is 11.7 Å². The summed E-state index contributed by atoms with van der Waals surface area (Å²) in [5, 5.41) is 7.69. The molecule has 1 aliphatic heterocycles. The Balaban J connectivity index is 1.61. The fraction of sp³-hybridized carbons (Fsp3) is 0.867. The molecule has 1 aromatic rings. The second-order valence-corrected chi connectivity index (χ2v) is 7.18. The Morgan fingerprint density at radius 1 is 1.38 bits per heavy atom. The number of methoxy groups -OCH3 is 1. The van der Waals surface area contributed by atoms with Gasteiger partial charge in [0.05, 0.1) is 0 Å². The van der Waals surface area contributed by atoms with Gasteiger partial charge in [-0.2, -0.15) is 16.7 Å². The van der Waals surface area contributed by atoms with Crippen molar-refractivity contribution in [2.75, 3.05) is 25.2 Å². The molecule has 6 heteroatoms. The summed E-state index contributed by atoms with van der Waals surface area (Å²) in [6, 6.07) is 0.452. The van der Waals surface area contributed by atoms with Crippen LogP contribution in [-0.2, 0) is 11.2 Å². The van der Waals surface area contributed by atoms with Crippen LogP contribution in [0.2, 0.25) is 0 Å². The third-order valence-corrected chi connectivity index (χ3v) is 5.62. The average molecular weight is 311 g/mol. The van der Waals surface area contributed by atoms with E-state index in [0.29, 0.717) is 12.0 Å². The van der Waals surface area contributed by atoms with Gasteiger partial charge < -0.3 is 14.6 Å². The Hall–Kier alpha value is -0.590. The van der Waals surface area contributed by atoms with E-state index in [2.05, 4.69) is 15.5 Å². The van der Waals surface area contributed by atoms with Gasteiger partial charge in [-0.25, -0.2) is 0 Å². The molecule has 0 bridgehead atoms. The van der Waals surface area contributed by atoms with Crippen LogP contribution < -0.4 is 5.32 Å². The summed E-state index contributed by atoms with van der Waals surface area (Å²) in [7, 11) is 1.76. The second kappa shape index (κ2) is 7.61. The van der Waals surface area contributed by atoms with Crippen molar-refractivity contribution in [3.8, 4) is 0 Å². The zero-order valence-electron chi connectivity index (χ0n) is 12.7. The van der Waals surface area contributed by atoms with Crippen molar-refractivity contribution in [3.05, 3.63) is 11.7 Å². The first kappa shape index (κ1) is 15.3. The minimum atomic E-state index is -0.00325. The molecule has 3 rings (SSSR count). The maximum atomic E-state index is 5.67. The lowest BCUT2D eigenvalue weighted by Gasteiger charge is -2.26. The van der Waals surface area contributed by atoms with E-state index < -0.39 is 0 Å². The Kier molecular flexibility index (Phi) is 5.55. The van der Waals surface area contributed by atoms with E-state index in [9.17, 15) is 0 Å². The van der Waals surface area contributed by atoms with Gasteiger partial charge in [-0.3, -0.25) is 0 Å². The number of nitrogens with zero attached hydrogens (tertiary/aromatic N) is 2. The van der Waals surface area contributed by atoms with Crippen molar-refractivity contribution in [1.29, 1.82) is 0 Å². The standard InChI is InChI=1S/C15H25N3O2S/c1-19-14(11-5-3-2-4-6-11)15-17-13(20-18-15)9-12-10-21-8-7-16-12/h11-12,14,16H,2-10H2,1H3. The molecule has 118 valence electrons. The van der Waals surface area contributed by atoms with E-state index in [0.717, 1.165) is 30.4 Å². The topological polar surface area (TPSA) is 60.2 Å². The molecule has 2 heterocycles. The number of ether oxygens (including phenoxy) is 1. The lowest BCUT2D eigenvalue weighted by Crippen LogP contribution is -2.38. The highest BCUT2D eigenvalue weighted by Crippen LogP contribution is 2.35. The number of hydrogen-bond donors (Lipinski definition) is 1. The Labute approximate surface area is 130 Å². The molecule has 0 amide bonds. The molecule has 2 fully saturated rings. The van der Waals surface area contributed by atoms with Crippen LogP contribution in [-0.4, -0.2) is 41.3 Å². The van der Waals surface area contributed by atoms with Crippen molar-refractivity contribution < 1.29 is 9.26 Å².